The van der Waals surface area contributed by atoms with Crippen molar-refractivity contribution in [1.29, 1.82) is 0 Å². The predicted octanol–water partition coefficient (Wildman–Crippen LogP) is 0.764. The van der Waals surface area contributed by atoms with Crippen molar-refractivity contribution in [2.45, 2.75) is 12.8 Å². The first kappa shape index (κ1) is 16.7. The molecule has 0 unspecified atom stereocenters. The monoisotopic (exact) mass is 348 g/mol. The van der Waals surface area contributed by atoms with Crippen molar-refractivity contribution in [2.75, 3.05) is 32.7 Å². The summed E-state index contributed by atoms with van der Waals surface area (Å²) in [5, 5.41) is 2.88. The zero-order chi connectivity index (χ0) is 16.9. The predicted molar refractivity (Wildman–Crippen MR) is 89.8 cm³/mol. The van der Waals surface area contributed by atoms with Crippen LogP contribution in [0.4, 0.5) is 0 Å². The van der Waals surface area contributed by atoms with Crippen LogP contribution >= 0.6 is 11.3 Å². The van der Waals surface area contributed by atoms with E-state index in [0.717, 1.165) is 17.1 Å². The lowest BCUT2D eigenvalue weighted by atomic mass is 10.2. The molecule has 0 saturated carbocycles. The van der Waals surface area contributed by atoms with Crippen LogP contribution in [0.25, 0.3) is 0 Å². The minimum Gasteiger partial charge on any atom is -0.459 e. The van der Waals surface area contributed by atoms with Crippen LogP contribution in [0.2, 0.25) is 0 Å². The summed E-state index contributed by atoms with van der Waals surface area (Å²) in [6.45, 7) is 2.66. The topological polar surface area (TPSA) is 92.7 Å². The third-order valence-electron chi connectivity index (χ3n) is 3.94. The first-order chi connectivity index (χ1) is 11.7. The van der Waals surface area contributed by atoms with Gasteiger partial charge in [0.05, 0.1) is 23.4 Å². The highest BCUT2D eigenvalue weighted by atomic mass is 32.1. The van der Waals surface area contributed by atoms with Gasteiger partial charge in [-0.1, -0.05) is 0 Å². The van der Waals surface area contributed by atoms with Gasteiger partial charge < -0.3 is 20.0 Å². The Hall–Kier alpha value is -2.19. The fraction of sp³-hybridized carbons (Fsp3) is 0.438. The van der Waals surface area contributed by atoms with Crippen LogP contribution in [0.1, 0.15) is 21.3 Å². The van der Waals surface area contributed by atoms with E-state index in [1.165, 1.54) is 6.26 Å². The lowest BCUT2D eigenvalue weighted by Gasteiger charge is -2.34. The molecule has 2 aromatic rings. The Labute approximate surface area is 144 Å². The number of hydrogen-bond acceptors (Lipinski definition) is 6. The van der Waals surface area contributed by atoms with Crippen molar-refractivity contribution in [3.63, 3.8) is 0 Å². The minimum atomic E-state index is -0.127. The standard InChI is InChI=1S/C16H20N4O3S/c17-4-3-14-18-12(11-24-14)10-15(21)19-5-7-20(8-6-19)16(22)13-2-1-9-23-13/h1-2,9,11H,3-8,10,17H2. The molecule has 2 amide bonds. The molecule has 3 heterocycles. The number of hydrogen-bond donors (Lipinski definition) is 1. The van der Waals surface area contributed by atoms with Crippen LogP contribution in [-0.2, 0) is 17.6 Å². The van der Waals surface area contributed by atoms with E-state index >= 15 is 0 Å². The highest BCUT2D eigenvalue weighted by Crippen LogP contribution is 2.13. The van der Waals surface area contributed by atoms with E-state index in [2.05, 4.69) is 4.98 Å². The molecule has 0 spiro atoms. The lowest BCUT2D eigenvalue weighted by molar-refractivity contribution is -0.132. The molecule has 1 saturated heterocycles. The van der Waals surface area contributed by atoms with Crippen LogP contribution in [0.5, 0.6) is 0 Å². The molecule has 2 N–H and O–H groups in total. The average Bonchev–Trinajstić information content (AvgIpc) is 3.27. The second-order valence-corrected chi connectivity index (χ2v) is 6.54. The third kappa shape index (κ3) is 3.82. The van der Waals surface area contributed by atoms with E-state index in [0.29, 0.717) is 44.9 Å². The molecule has 7 nitrogen and oxygen atoms in total. The van der Waals surface area contributed by atoms with E-state index in [1.807, 2.05) is 5.38 Å². The maximum atomic E-state index is 12.4. The van der Waals surface area contributed by atoms with Gasteiger partial charge in [-0.2, -0.15) is 0 Å². The Morgan fingerprint density at radius 1 is 1.25 bits per heavy atom. The number of carbonyl (C=O) groups excluding carboxylic acids is 2. The summed E-state index contributed by atoms with van der Waals surface area (Å²) < 4.78 is 5.14. The van der Waals surface area contributed by atoms with Gasteiger partial charge in [-0.3, -0.25) is 9.59 Å². The van der Waals surface area contributed by atoms with Crippen molar-refractivity contribution >= 4 is 23.2 Å². The summed E-state index contributed by atoms with van der Waals surface area (Å²) in [6.07, 6.45) is 2.53. The number of nitrogens with zero attached hydrogens (tertiary/aromatic N) is 3. The Morgan fingerprint density at radius 2 is 2.00 bits per heavy atom. The number of carbonyl (C=O) groups is 2. The number of amides is 2. The SMILES string of the molecule is NCCc1nc(CC(=O)N2CCN(C(=O)c3ccco3)CC2)cs1. The maximum Gasteiger partial charge on any atom is 0.289 e. The van der Waals surface area contributed by atoms with Crippen LogP contribution in [0, 0.1) is 0 Å². The molecule has 0 atom stereocenters. The molecule has 1 aliphatic heterocycles. The number of piperazine rings is 1. The molecule has 1 aliphatic rings. The summed E-state index contributed by atoms with van der Waals surface area (Å²) >= 11 is 1.54. The highest BCUT2D eigenvalue weighted by Gasteiger charge is 2.26. The van der Waals surface area contributed by atoms with Gasteiger partial charge in [0, 0.05) is 38.0 Å². The number of furan rings is 1. The summed E-state index contributed by atoms with van der Waals surface area (Å²) in [5.74, 6) is 0.257. The zero-order valence-corrected chi connectivity index (χ0v) is 14.1. The van der Waals surface area contributed by atoms with Gasteiger partial charge in [0.2, 0.25) is 5.91 Å². The molecule has 2 aromatic heterocycles. The number of rotatable bonds is 5. The first-order valence-corrected chi connectivity index (χ1v) is 8.79. The Kier molecular flexibility index (Phi) is 5.27. The number of aromatic nitrogens is 1. The average molecular weight is 348 g/mol. The molecule has 24 heavy (non-hydrogen) atoms. The van der Waals surface area contributed by atoms with Crippen LogP contribution in [-0.4, -0.2) is 59.3 Å². The van der Waals surface area contributed by atoms with Gasteiger partial charge >= 0.3 is 0 Å². The molecular weight excluding hydrogens is 328 g/mol. The van der Waals surface area contributed by atoms with Crippen LogP contribution in [0.15, 0.2) is 28.2 Å². The first-order valence-electron chi connectivity index (χ1n) is 7.91. The molecule has 128 valence electrons. The molecular formula is C16H20N4O3S. The van der Waals surface area contributed by atoms with Gasteiger partial charge in [-0.25, -0.2) is 4.98 Å². The smallest absolute Gasteiger partial charge is 0.289 e. The largest absolute Gasteiger partial charge is 0.459 e. The Balaban J connectivity index is 1.50. The second-order valence-electron chi connectivity index (χ2n) is 5.60. The molecule has 0 bridgehead atoms. The molecule has 3 rings (SSSR count). The van der Waals surface area contributed by atoms with Gasteiger partial charge in [-0.15, -0.1) is 11.3 Å². The van der Waals surface area contributed by atoms with Crippen molar-refractivity contribution in [3.05, 3.63) is 40.2 Å². The van der Waals surface area contributed by atoms with E-state index < -0.39 is 0 Å². The van der Waals surface area contributed by atoms with E-state index in [4.69, 9.17) is 10.2 Å². The molecule has 1 fully saturated rings. The number of thiazole rings is 1. The van der Waals surface area contributed by atoms with E-state index in [-0.39, 0.29) is 11.8 Å². The van der Waals surface area contributed by atoms with Crippen molar-refractivity contribution in [1.82, 2.24) is 14.8 Å². The minimum absolute atomic E-state index is 0.0460. The Bertz CT molecular complexity index is 690. The fourth-order valence-electron chi connectivity index (χ4n) is 2.65. The normalized spacial score (nSPS) is 14.9. The quantitative estimate of drug-likeness (QED) is 0.861. The summed E-state index contributed by atoms with van der Waals surface area (Å²) in [6, 6.07) is 3.35. The zero-order valence-electron chi connectivity index (χ0n) is 13.3. The summed E-state index contributed by atoms with van der Waals surface area (Å²) in [7, 11) is 0. The third-order valence-corrected chi connectivity index (χ3v) is 4.90. The van der Waals surface area contributed by atoms with Crippen LogP contribution < -0.4 is 5.73 Å². The molecule has 0 radical (unpaired) electrons. The van der Waals surface area contributed by atoms with Crippen molar-refractivity contribution < 1.29 is 14.0 Å². The molecule has 0 aromatic carbocycles. The molecule has 0 aliphatic carbocycles. The highest BCUT2D eigenvalue weighted by molar-refractivity contribution is 7.09. The molecule has 8 heteroatoms. The van der Waals surface area contributed by atoms with Gasteiger partial charge in [0.25, 0.3) is 5.91 Å². The second kappa shape index (κ2) is 7.59. The Morgan fingerprint density at radius 3 is 2.67 bits per heavy atom. The maximum absolute atomic E-state index is 12.4. The lowest BCUT2D eigenvalue weighted by Crippen LogP contribution is -2.50. The van der Waals surface area contributed by atoms with E-state index in [9.17, 15) is 9.59 Å². The van der Waals surface area contributed by atoms with Crippen molar-refractivity contribution in [2.24, 2.45) is 5.73 Å². The summed E-state index contributed by atoms with van der Waals surface area (Å²) in [4.78, 5) is 32.5. The van der Waals surface area contributed by atoms with Gasteiger partial charge in [-0.05, 0) is 18.7 Å². The number of nitrogens with two attached hydrogens (primary N) is 1. The van der Waals surface area contributed by atoms with Gasteiger partial charge in [0.1, 0.15) is 0 Å². The van der Waals surface area contributed by atoms with Gasteiger partial charge in [0.15, 0.2) is 5.76 Å². The van der Waals surface area contributed by atoms with Crippen LogP contribution in [0.3, 0.4) is 0 Å². The van der Waals surface area contributed by atoms with Crippen molar-refractivity contribution in [3.8, 4) is 0 Å². The summed E-state index contributed by atoms with van der Waals surface area (Å²) in [5.41, 5.74) is 6.31. The fourth-order valence-corrected chi connectivity index (χ4v) is 3.46. The van der Waals surface area contributed by atoms with E-state index in [1.54, 1.807) is 33.3 Å².